The maximum Gasteiger partial charge on any atom is 0.349 e. The molecule has 1 heterocycles. The van der Waals surface area contributed by atoms with Gasteiger partial charge in [-0.25, -0.2) is 4.79 Å². The molecule has 9 heteroatoms. The molecular weight excluding hydrogens is 362 g/mol. The first-order chi connectivity index (χ1) is 12.4. The minimum atomic E-state index is -0.744. The summed E-state index contributed by atoms with van der Waals surface area (Å²) in [6.45, 7) is 1.50. The van der Waals surface area contributed by atoms with Crippen molar-refractivity contribution in [1.82, 2.24) is 0 Å². The highest BCUT2D eigenvalue weighted by atomic mass is 35.5. The van der Waals surface area contributed by atoms with Crippen LogP contribution >= 0.6 is 11.6 Å². The molecule has 0 aliphatic carbocycles. The molecule has 0 saturated carbocycles. The molecule has 0 saturated heterocycles. The van der Waals surface area contributed by atoms with Gasteiger partial charge in [0, 0.05) is 6.07 Å². The largest absolute Gasteiger partial charge is 0.506 e. The fraction of sp³-hybridized carbons (Fsp3) is 0.0588. The molecule has 3 rings (SSSR count). The third-order valence-electron chi connectivity index (χ3n) is 3.64. The second kappa shape index (κ2) is 6.85. The lowest BCUT2D eigenvalue weighted by molar-refractivity contribution is -0.384. The molecule has 0 bridgehead atoms. The van der Waals surface area contributed by atoms with Crippen molar-refractivity contribution in [2.45, 2.75) is 6.92 Å². The van der Waals surface area contributed by atoms with Gasteiger partial charge in [0.2, 0.25) is 0 Å². The van der Waals surface area contributed by atoms with Crippen LogP contribution in [0.1, 0.15) is 12.5 Å². The number of halogens is 1. The molecular formula is C17H12ClN3O5. The van der Waals surface area contributed by atoms with Crippen LogP contribution in [-0.4, -0.2) is 15.7 Å². The van der Waals surface area contributed by atoms with Crippen LogP contribution in [0.25, 0.3) is 11.0 Å². The van der Waals surface area contributed by atoms with E-state index in [1.54, 1.807) is 24.3 Å². The molecule has 0 aliphatic heterocycles. The lowest BCUT2D eigenvalue weighted by Crippen LogP contribution is -2.14. The number of para-hydroxylation sites is 1. The summed E-state index contributed by atoms with van der Waals surface area (Å²) < 4.78 is 5.18. The first-order valence-corrected chi connectivity index (χ1v) is 7.75. The third kappa shape index (κ3) is 3.22. The van der Waals surface area contributed by atoms with Gasteiger partial charge in [-0.3, -0.25) is 15.5 Å². The molecule has 0 atom stereocenters. The Morgan fingerprint density at radius 3 is 2.77 bits per heavy atom. The molecule has 2 aromatic carbocycles. The van der Waals surface area contributed by atoms with E-state index in [-0.39, 0.29) is 33.3 Å². The van der Waals surface area contributed by atoms with Gasteiger partial charge in [0.25, 0.3) is 5.69 Å². The minimum Gasteiger partial charge on any atom is -0.506 e. The number of nitrogens with one attached hydrogen (secondary N) is 1. The lowest BCUT2D eigenvalue weighted by Gasteiger charge is -2.07. The van der Waals surface area contributed by atoms with E-state index in [0.29, 0.717) is 11.1 Å². The second-order valence-electron chi connectivity index (χ2n) is 5.34. The highest BCUT2D eigenvalue weighted by Gasteiger charge is 2.17. The molecule has 3 aromatic rings. The molecule has 8 nitrogen and oxygen atoms in total. The van der Waals surface area contributed by atoms with Crippen LogP contribution in [0, 0.1) is 10.1 Å². The third-order valence-corrected chi connectivity index (χ3v) is 3.96. The highest BCUT2D eigenvalue weighted by Crippen LogP contribution is 2.28. The van der Waals surface area contributed by atoms with Crippen LogP contribution in [0.15, 0.2) is 56.8 Å². The number of fused-ring (bicyclic) bond motifs is 1. The standard InChI is InChI=1S/C17H12ClN3O5/c1-9(19-20-10-6-7-12(18)13(8-10)21(24)25)15-16(22)11-4-2-3-5-14(11)26-17(15)23/h2-8,20,22H,1H3/b19-9+. The Morgan fingerprint density at radius 2 is 2.04 bits per heavy atom. The predicted molar refractivity (Wildman–Crippen MR) is 98.1 cm³/mol. The van der Waals surface area contributed by atoms with Gasteiger partial charge in [-0.05, 0) is 31.2 Å². The first kappa shape index (κ1) is 17.4. The van der Waals surface area contributed by atoms with Gasteiger partial charge < -0.3 is 9.52 Å². The van der Waals surface area contributed by atoms with Crippen molar-refractivity contribution in [2.75, 3.05) is 5.43 Å². The quantitative estimate of drug-likeness (QED) is 0.310. The van der Waals surface area contributed by atoms with Gasteiger partial charge in [-0.15, -0.1) is 0 Å². The number of benzene rings is 2. The maximum absolute atomic E-state index is 12.2. The molecule has 0 spiro atoms. The maximum atomic E-state index is 12.2. The van der Waals surface area contributed by atoms with Crippen LogP contribution < -0.4 is 11.1 Å². The summed E-state index contributed by atoms with van der Waals surface area (Å²) >= 11 is 5.75. The number of anilines is 1. The number of hydrazone groups is 1. The van der Waals surface area contributed by atoms with Crippen LogP contribution in [0.5, 0.6) is 5.75 Å². The molecule has 0 radical (unpaired) electrons. The molecule has 1 aromatic heterocycles. The summed E-state index contributed by atoms with van der Waals surface area (Å²) in [7, 11) is 0. The highest BCUT2D eigenvalue weighted by molar-refractivity contribution is 6.32. The van der Waals surface area contributed by atoms with Gasteiger partial charge in [0.1, 0.15) is 21.9 Å². The van der Waals surface area contributed by atoms with E-state index in [9.17, 15) is 20.0 Å². The van der Waals surface area contributed by atoms with Gasteiger partial charge in [0.15, 0.2) is 0 Å². The van der Waals surface area contributed by atoms with E-state index in [4.69, 9.17) is 16.0 Å². The van der Waals surface area contributed by atoms with Crippen molar-refractivity contribution in [3.8, 4) is 5.75 Å². The van der Waals surface area contributed by atoms with Crippen LogP contribution in [0.3, 0.4) is 0 Å². The van der Waals surface area contributed by atoms with Gasteiger partial charge in [-0.1, -0.05) is 23.7 Å². The average Bonchev–Trinajstić information content (AvgIpc) is 2.60. The van der Waals surface area contributed by atoms with Crippen LogP contribution in [0.4, 0.5) is 11.4 Å². The van der Waals surface area contributed by atoms with Crippen molar-refractivity contribution >= 4 is 39.7 Å². The minimum absolute atomic E-state index is 0.00549. The number of hydrogen-bond donors (Lipinski definition) is 2. The number of hydrogen-bond acceptors (Lipinski definition) is 7. The Bertz CT molecular complexity index is 1110. The Kier molecular flexibility index (Phi) is 4.59. The average molecular weight is 374 g/mol. The second-order valence-corrected chi connectivity index (χ2v) is 5.75. The zero-order valence-corrected chi connectivity index (χ0v) is 14.1. The van der Waals surface area contributed by atoms with E-state index in [2.05, 4.69) is 10.5 Å². The fourth-order valence-corrected chi connectivity index (χ4v) is 2.57. The molecule has 0 unspecified atom stereocenters. The zero-order valence-electron chi connectivity index (χ0n) is 13.4. The summed E-state index contributed by atoms with van der Waals surface area (Å²) in [6, 6.07) is 10.6. The molecule has 0 amide bonds. The van der Waals surface area contributed by atoms with Crippen molar-refractivity contribution in [2.24, 2.45) is 5.10 Å². The summed E-state index contributed by atoms with van der Waals surface area (Å²) in [5.41, 5.74) is 2.19. The molecule has 26 heavy (non-hydrogen) atoms. The predicted octanol–water partition coefficient (Wildman–Crippen LogP) is 3.90. The summed E-state index contributed by atoms with van der Waals surface area (Å²) in [5, 5.41) is 25.7. The summed E-state index contributed by atoms with van der Waals surface area (Å²) in [4.78, 5) is 22.5. The lowest BCUT2D eigenvalue weighted by atomic mass is 10.1. The van der Waals surface area contributed by atoms with Gasteiger partial charge in [-0.2, -0.15) is 5.10 Å². The Labute approximate surface area is 151 Å². The monoisotopic (exact) mass is 373 g/mol. The SMILES string of the molecule is C/C(=N\Nc1ccc(Cl)c([N+](=O)[O-])c1)c1c(O)c2ccccc2oc1=O. The fourth-order valence-electron chi connectivity index (χ4n) is 2.38. The van der Waals surface area contributed by atoms with Crippen LogP contribution in [0.2, 0.25) is 5.02 Å². The van der Waals surface area contributed by atoms with E-state index in [1.165, 1.54) is 25.1 Å². The van der Waals surface area contributed by atoms with Crippen molar-refractivity contribution in [3.63, 3.8) is 0 Å². The van der Waals surface area contributed by atoms with Gasteiger partial charge >= 0.3 is 5.63 Å². The van der Waals surface area contributed by atoms with Crippen molar-refractivity contribution in [3.05, 3.63) is 73.6 Å². The zero-order chi connectivity index (χ0) is 18.8. The van der Waals surface area contributed by atoms with Crippen molar-refractivity contribution < 1.29 is 14.4 Å². The van der Waals surface area contributed by atoms with E-state index in [1.807, 2.05) is 0 Å². The van der Waals surface area contributed by atoms with E-state index >= 15 is 0 Å². The summed E-state index contributed by atoms with van der Waals surface area (Å²) in [5.74, 6) is -0.248. The number of rotatable bonds is 4. The molecule has 132 valence electrons. The summed E-state index contributed by atoms with van der Waals surface area (Å²) in [6.07, 6.45) is 0. The van der Waals surface area contributed by atoms with Crippen LogP contribution in [-0.2, 0) is 0 Å². The van der Waals surface area contributed by atoms with Gasteiger partial charge in [0.05, 0.1) is 21.7 Å². The Morgan fingerprint density at radius 1 is 1.31 bits per heavy atom. The first-order valence-electron chi connectivity index (χ1n) is 7.38. The number of nitrogens with zero attached hydrogens (tertiary/aromatic N) is 2. The Hall–Kier alpha value is -3.39. The molecule has 2 N–H and O–H groups in total. The smallest absolute Gasteiger partial charge is 0.349 e. The number of nitro groups is 1. The Balaban J connectivity index is 1.99. The topological polar surface area (TPSA) is 118 Å². The normalized spacial score (nSPS) is 11.5. The van der Waals surface area contributed by atoms with Crippen molar-refractivity contribution in [1.29, 1.82) is 0 Å². The molecule has 0 fully saturated rings. The number of aromatic hydroxyl groups is 1. The van der Waals surface area contributed by atoms with E-state index in [0.717, 1.165) is 0 Å². The number of nitro benzene ring substituents is 1. The van der Waals surface area contributed by atoms with E-state index < -0.39 is 10.5 Å². The molecule has 0 aliphatic rings.